The van der Waals surface area contributed by atoms with Crippen molar-refractivity contribution in [3.8, 4) is 0 Å². The van der Waals surface area contributed by atoms with Crippen LogP contribution in [0.25, 0.3) is 0 Å². The number of imidazole rings is 1. The maximum atomic E-state index is 4.47. The van der Waals surface area contributed by atoms with Gasteiger partial charge in [0.15, 0.2) is 0 Å². The summed E-state index contributed by atoms with van der Waals surface area (Å²) in [6.07, 6.45) is 9.80. The molecule has 1 saturated carbocycles. The molecule has 2 rings (SSSR count). The van der Waals surface area contributed by atoms with Gasteiger partial charge in [-0.2, -0.15) is 0 Å². The molecule has 1 fully saturated rings. The zero-order chi connectivity index (χ0) is 13.0. The van der Waals surface area contributed by atoms with Crippen LogP contribution in [0.15, 0.2) is 12.5 Å². The number of hydrogen-bond donors (Lipinski definition) is 1. The molecule has 1 aliphatic rings. The molecular formula is C15H27N3. The highest BCUT2D eigenvalue weighted by molar-refractivity contribution is 4.96. The SMILES string of the molecule is CC1CCCC(Cn2cnc(CNC(C)C)c2)C1. The molecule has 0 bridgehead atoms. The molecule has 3 heteroatoms. The number of aromatic nitrogens is 2. The van der Waals surface area contributed by atoms with Gasteiger partial charge in [0.25, 0.3) is 0 Å². The normalized spacial score (nSPS) is 24.7. The van der Waals surface area contributed by atoms with Crippen LogP contribution in [0.3, 0.4) is 0 Å². The molecule has 1 aromatic heterocycles. The van der Waals surface area contributed by atoms with Crippen molar-refractivity contribution < 1.29 is 0 Å². The third-order valence-corrected chi connectivity index (χ3v) is 3.89. The van der Waals surface area contributed by atoms with E-state index in [1.165, 1.54) is 25.7 Å². The van der Waals surface area contributed by atoms with Gasteiger partial charge in [-0.25, -0.2) is 4.98 Å². The van der Waals surface area contributed by atoms with Gasteiger partial charge in [0.2, 0.25) is 0 Å². The van der Waals surface area contributed by atoms with Gasteiger partial charge in [-0.15, -0.1) is 0 Å². The fourth-order valence-electron chi connectivity index (χ4n) is 2.93. The van der Waals surface area contributed by atoms with E-state index >= 15 is 0 Å². The van der Waals surface area contributed by atoms with Crippen LogP contribution in [0, 0.1) is 11.8 Å². The number of hydrogen-bond acceptors (Lipinski definition) is 2. The van der Waals surface area contributed by atoms with Gasteiger partial charge in [0.05, 0.1) is 12.0 Å². The maximum absolute atomic E-state index is 4.47. The molecule has 0 radical (unpaired) electrons. The fourth-order valence-corrected chi connectivity index (χ4v) is 2.93. The predicted molar refractivity (Wildman–Crippen MR) is 75.3 cm³/mol. The van der Waals surface area contributed by atoms with Crippen LogP contribution in [0.1, 0.15) is 52.1 Å². The van der Waals surface area contributed by atoms with Gasteiger partial charge in [-0.1, -0.05) is 33.6 Å². The first-order valence-electron chi connectivity index (χ1n) is 7.37. The Labute approximate surface area is 111 Å². The van der Waals surface area contributed by atoms with E-state index in [4.69, 9.17) is 0 Å². The summed E-state index contributed by atoms with van der Waals surface area (Å²) in [6.45, 7) is 8.75. The molecule has 0 saturated heterocycles. The van der Waals surface area contributed by atoms with Gasteiger partial charge in [0.1, 0.15) is 0 Å². The minimum Gasteiger partial charge on any atom is -0.337 e. The Kier molecular flexibility index (Phi) is 4.81. The van der Waals surface area contributed by atoms with Gasteiger partial charge in [-0.3, -0.25) is 0 Å². The Bertz CT molecular complexity index is 356. The lowest BCUT2D eigenvalue weighted by atomic mass is 9.82. The van der Waals surface area contributed by atoms with Gasteiger partial charge < -0.3 is 9.88 Å². The van der Waals surface area contributed by atoms with E-state index in [1.54, 1.807) is 0 Å². The molecular weight excluding hydrogens is 222 g/mol. The van der Waals surface area contributed by atoms with Crippen LogP contribution >= 0.6 is 0 Å². The lowest BCUT2D eigenvalue weighted by Gasteiger charge is -2.26. The molecule has 0 spiro atoms. The van der Waals surface area contributed by atoms with Crippen molar-refractivity contribution in [1.82, 2.24) is 14.9 Å². The van der Waals surface area contributed by atoms with E-state index in [0.29, 0.717) is 6.04 Å². The van der Waals surface area contributed by atoms with Crippen molar-refractivity contribution in [3.63, 3.8) is 0 Å². The summed E-state index contributed by atoms with van der Waals surface area (Å²) in [4.78, 5) is 4.47. The second-order valence-corrected chi connectivity index (χ2v) is 6.24. The maximum Gasteiger partial charge on any atom is 0.0950 e. The average molecular weight is 249 g/mol. The van der Waals surface area contributed by atoms with Crippen LogP contribution in [-0.4, -0.2) is 15.6 Å². The lowest BCUT2D eigenvalue weighted by Crippen LogP contribution is -2.22. The van der Waals surface area contributed by atoms with E-state index < -0.39 is 0 Å². The molecule has 1 heterocycles. The van der Waals surface area contributed by atoms with E-state index in [2.05, 4.69) is 41.8 Å². The number of nitrogens with one attached hydrogen (secondary N) is 1. The van der Waals surface area contributed by atoms with Crippen LogP contribution < -0.4 is 5.32 Å². The molecule has 3 nitrogen and oxygen atoms in total. The molecule has 0 aliphatic heterocycles. The Morgan fingerprint density at radius 3 is 3.00 bits per heavy atom. The third kappa shape index (κ3) is 4.13. The van der Waals surface area contributed by atoms with E-state index in [9.17, 15) is 0 Å². The Hall–Kier alpha value is -0.830. The Morgan fingerprint density at radius 1 is 1.44 bits per heavy atom. The predicted octanol–water partition coefficient (Wildman–Crippen LogP) is 3.21. The minimum atomic E-state index is 0.523. The third-order valence-electron chi connectivity index (χ3n) is 3.89. The van der Waals surface area contributed by atoms with Crippen LogP contribution in [0.2, 0.25) is 0 Å². The van der Waals surface area contributed by atoms with E-state index in [-0.39, 0.29) is 0 Å². The summed E-state index contributed by atoms with van der Waals surface area (Å²) in [5.74, 6) is 1.77. The van der Waals surface area contributed by atoms with Gasteiger partial charge in [0, 0.05) is 25.3 Å². The van der Waals surface area contributed by atoms with Crippen molar-refractivity contribution in [2.45, 2.75) is 65.6 Å². The van der Waals surface area contributed by atoms with E-state index in [0.717, 1.165) is 30.6 Å². The second kappa shape index (κ2) is 6.37. The summed E-state index contributed by atoms with van der Waals surface area (Å²) in [5, 5.41) is 3.41. The molecule has 0 aromatic carbocycles. The fraction of sp³-hybridized carbons (Fsp3) is 0.800. The van der Waals surface area contributed by atoms with Crippen LogP contribution in [-0.2, 0) is 13.1 Å². The lowest BCUT2D eigenvalue weighted by molar-refractivity contribution is 0.257. The van der Waals surface area contributed by atoms with Crippen molar-refractivity contribution in [3.05, 3.63) is 18.2 Å². The summed E-state index contributed by atoms with van der Waals surface area (Å²) >= 11 is 0. The quantitative estimate of drug-likeness (QED) is 0.868. The zero-order valence-electron chi connectivity index (χ0n) is 12.0. The monoisotopic (exact) mass is 249 g/mol. The average Bonchev–Trinajstić information content (AvgIpc) is 2.74. The molecule has 102 valence electrons. The highest BCUT2D eigenvalue weighted by Crippen LogP contribution is 2.29. The zero-order valence-corrected chi connectivity index (χ0v) is 12.0. The summed E-state index contributed by atoms with van der Waals surface area (Å²) in [6, 6.07) is 0.523. The van der Waals surface area contributed by atoms with Crippen LogP contribution in [0.4, 0.5) is 0 Å². The van der Waals surface area contributed by atoms with Crippen molar-refractivity contribution >= 4 is 0 Å². The Morgan fingerprint density at radius 2 is 2.28 bits per heavy atom. The highest BCUT2D eigenvalue weighted by Gasteiger charge is 2.19. The standard InChI is InChI=1S/C15H27N3/c1-12(2)16-8-15-10-18(11-17-15)9-14-6-4-5-13(3)7-14/h10-14,16H,4-9H2,1-3H3. The number of nitrogens with zero attached hydrogens (tertiary/aromatic N) is 2. The first-order valence-corrected chi connectivity index (χ1v) is 7.37. The highest BCUT2D eigenvalue weighted by atomic mass is 15.0. The summed E-state index contributed by atoms with van der Waals surface area (Å²) in [5.41, 5.74) is 1.16. The molecule has 0 amide bonds. The van der Waals surface area contributed by atoms with Crippen molar-refractivity contribution in [1.29, 1.82) is 0 Å². The molecule has 18 heavy (non-hydrogen) atoms. The molecule has 1 aliphatic carbocycles. The largest absolute Gasteiger partial charge is 0.337 e. The molecule has 2 unspecified atom stereocenters. The van der Waals surface area contributed by atoms with Gasteiger partial charge in [-0.05, 0) is 24.7 Å². The minimum absolute atomic E-state index is 0.523. The first kappa shape index (κ1) is 13.6. The van der Waals surface area contributed by atoms with Crippen molar-refractivity contribution in [2.75, 3.05) is 0 Å². The topological polar surface area (TPSA) is 29.9 Å². The second-order valence-electron chi connectivity index (χ2n) is 6.24. The van der Waals surface area contributed by atoms with Crippen molar-refractivity contribution in [2.24, 2.45) is 11.8 Å². The first-order chi connectivity index (χ1) is 8.63. The molecule has 2 atom stereocenters. The Balaban J connectivity index is 1.82. The number of rotatable bonds is 5. The molecule has 1 aromatic rings. The van der Waals surface area contributed by atoms with Crippen LogP contribution in [0.5, 0.6) is 0 Å². The van der Waals surface area contributed by atoms with Gasteiger partial charge >= 0.3 is 0 Å². The summed E-state index contributed by atoms with van der Waals surface area (Å²) < 4.78 is 2.28. The summed E-state index contributed by atoms with van der Waals surface area (Å²) in [7, 11) is 0. The smallest absolute Gasteiger partial charge is 0.0950 e. The van der Waals surface area contributed by atoms with E-state index in [1.807, 2.05) is 6.33 Å². The molecule has 1 N–H and O–H groups in total.